The summed E-state index contributed by atoms with van der Waals surface area (Å²) < 4.78 is 5.18. The van der Waals surface area contributed by atoms with Gasteiger partial charge in [0, 0.05) is 31.5 Å². The Morgan fingerprint density at radius 3 is 2.54 bits per heavy atom. The summed E-state index contributed by atoms with van der Waals surface area (Å²) in [7, 11) is 1.64. The number of nitrogens with two attached hydrogens (primary N) is 1. The van der Waals surface area contributed by atoms with Gasteiger partial charge in [0.05, 0.1) is 7.11 Å². The Kier molecular flexibility index (Phi) is 5.40. The minimum absolute atomic E-state index is 0. The first-order valence-corrected chi connectivity index (χ1v) is 7.83. The van der Waals surface area contributed by atoms with Crippen molar-refractivity contribution in [1.82, 2.24) is 4.90 Å². The number of benzene rings is 1. The molecule has 132 valence electrons. The van der Waals surface area contributed by atoms with Crippen molar-refractivity contribution in [3.8, 4) is 5.75 Å². The molecule has 0 aliphatic carbocycles. The number of hydrogen-bond acceptors (Lipinski definition) is 5. The molecule has 24 heavy (non-hydrogen) atoms. The van der Waals surface area contributed by atoms with Crippen molar-refractivity contribution in [2.24, 2.45) is 10.9 Å². The van der Waals surface area contributed by atoms with E-state index in [1.54, 1.807) is 12.0 Å². The third kappa shape index (κ3) is 3.65. The molecule has 1 aromatic rings. The zero-order valence-electron chi connectivity index (χ0n) is 14.2. The zero-order valence-corrected chi connectivity index (χ0v) is 15.0. The van der Waals surface area contributed by atoms with E-state index in [1.807, 2.05) is 38.1 Å². The first kappa shape index (κ1) is 18.5. The highest BCUT2D eigenvalue weighted by molar-refractivity contribution is 6.39. The Labute approximate surface area is 148 Å². The van der Waals surface area contributed by atoms with Crippen molar-refractivity contribution >= 4 is 24.0 Å². The van der Waals surface area contributed by atoms with Crippen LogP contribution in [0.15, 0.2) is 29.4 Å². The number of oxime groups is 1. The van der Waals surface area contributed by atoms with E-state index in [0.29, 0.717) is 25.2 Å². The summed E-state index contributed by atoms with van der Waals surface area (Å²) in [6.07, 6.45) is 0.533. The molecule has 2 aliphatic rings. The fourth-order valence-corrected chi connectivity index (χ4v) is 3.14. The maximum absolute atomic E-state index is 12.6. The van der Waals surface area contributed by atoms with E-state index in [1.165, 1.54) is 0 Å². The van der Waals surface area contributed by atoms with Gasteiger partial charge in [-0.25, -0.2) is 0 Å². The third-order valence-corrected chi connectivity index (χ3v) is 4.44. The number of methoxy groups -OCH3 is 1. The van der Waals surface area contributed by atoms with Gasteiger partial charge in [-0.05, 0) is 31.5 Å². The second kappa shape index (κ2) is 6.99. The molecule has 3 rings (SSSR count). The molecule has 6 nitrogen and oxygen atoms in total. The summed E-state index contributed by atoms with van der Waals surface area (Å²) >= 11 is 0. The quantitative estimate of drug-likeness (QED) is 0.900. The molecule has 0 saturated carbocycles. The number of rotatable bonds is 3. The first-order valence-electron chi connectivity index (χ1n) is 7.83. The van der Waals surface area contributed by atoms with Gasteiger partial charge in [-0.2, -0.15) is 0 Å². The maximum atomic E-state index is 12.6. The van der Waals surface area contributed by atoms with E-state index in [0.717, 1.165) is 11.3 Å². The minimum Gasteiger partial charge on any atom is -0.497 e. The van der Waals surface area contributed by atoms with Crippen LogP contribution in [0.3, 0.4) is 0 Å². The highest BCUT2D eigenvalue weighted by Crippen LogP contribution is 2.30. The van der Waals surface area contributed by atoms with Crippen LogP contribution in [0.2, 0.25) is 0 Å². The van der Waals surface area contributed by atoms with E-state index in [4.69, 9.17) is 15.3 Å². The van der Waals surface area contributed by atoms with Crippen molar-refractivity contribution < 1.29 is 14.4 Å². The summed E-state index contributed by atoms with van der Waals surface area (Å²) in [5.74, 6) is 0.871. The molecule has 0 bridgehead atoms. The monoisotopic (exact) mass is 353 g/mol. The van der Waals surface area contributed by atoms with Crippen molar-refractivity contribution in [2.75, 3.05) is 20.2 Å². The molecule has 1 fully saturated rings. The average Bonchev–Trinajstić information content (AvgIpc) is 3.09. The normalized spacial score (nSPS) is 24.8. The van der Waals surface area contributed by atoms with Gasteiger partial charge >= 0.3 is 0 Å². The largest absolute Gasteiger partial charge is 0.497 e. The van der Waals surface area contributed by atoms with Crippen molar-refractivity contribution in [2.45, 2.75) is 37.8 Å². The molecule has 2 atom stereocenters. The van der Waals surface area contributed by atoms with Gasteiger partial charge in [-0.3, -0.25) is 4.79 Å². The van der Waals surface area contributed by atoms with Crippen LogP contribution in [0.1, 0.15) is 31.7 Å². The lowest BCUT2D eigenvalue weighted by Crippen LogP contribution is -2.37. The Bertz CT molecular complexity index is 630. The van der Waals surface area contributed by atoms with Crippen molar-refractivity contribution in [1.29, 1.82) is 0 Å². The number of carbonyl (C=O) groups is 1. The number of nitrogens with zero attached hydrogens (tertiary/aromatic N) is 2. The Balaban J connectivity index is 0.00000208. The van der Waals surface area contributed by atoms with Crippen molar-refractivity contribution in [3.63, 3.8) is 0 Å². The first-order chi connectivity index (χ1) is 10.9. The predicted molar refractivity (Wildman–Crippen MR) is 94.8 cm³/mol. The predicted octanol–water partition coefficient (Wildman–Crippen LogP) is 1.92. The smallest absolute Gasteiger partial charge is 0.271 e. The average molecular weight is 354 g/mol. The SMILES string of the molecule is COc1ccc([C@@H]2CN(C(=O)C3=NOC(C)(C)C3)C[C@H]2N)cc1.Cl. The molecular weight excluding hydrogens is 330 g/mol. The lowest BCUT2D eigenvalue weighted by atomic mass is 9.95. The summed E-state index contributed by atoms with van der Waals surface area (Å²) in [5, 5.41) is 3.95. The Hall–Kier alpha value is -1.79. The fourth-order valence-electron chi connectivity index (χ4n) is 3.14. The molecule has 7 heteroatoms. The van der Waals surface area contributed by atoms with Crippen LogP contribution in [0.5, 0.6) is 5.75 Å². The molecule has 0 unspecified atom stereocenters. The lowest BCUT2D eigenvalue weighted by Gasteiger charge is -2.17. The zero-order chi connectivity index (χ0) is 16.6. The number of carbonyl (C=O) groups excluding carboxylic acids is 1. The minimum atomic E-state index is -0.401. The van der Waals surface area contributed by atoms with Gasteiger partial charge < -0.3 is 20.2 Å². The molecular formula is C17H24ClN3O3. The van der Waals surface area contributed by atoms with E-state index >= 15 is 0 Å². The van der Waals surface area contributed by atoms with Crippen LogP contribution in [0, 0.1) is 0 Å². The van der Waals surface area contributed by atoms with E-state index in [2.05, 4.69) is 5.16 Å². The molecule has 1 amide bonds. The summed E-state index contributed by atoms with van der Waals surface area (Å²) in [5.41, 5.74) is 7.47. The Morgan fingerprint density at radius 1 is 1.33 bits per heavy atom. The summed E-state index contributed by atoms with van der Waals surface area (Å²) in [6.45, 7) is 4.99. The molecule has 1 aromatic carbocycles. The molecule has 2 N–H and O–H groups in total. The van der Waals surface area contributed by atoms with Gasteiger partial charge in [0.25, 0.3) is 5.91 Å². The summed E-state index contributed by atoms with van der Waals surface area (Å²) in [4.78, 5) is 19.7. The van der Waals surface area contributed by atoms with Crippen molar-refractivity contribution in [3.05, 3.63) is 29.8 Å². The number of likely N-dealkylation sites (tertiary alicyclic amines) is 1. The highest BCUT2D eigenvalue weighted by Gasteiger charge is 2.39. The van der Waals surface area contributed by atoms with Gasteiger partial charge in [0.2, 0.25) is 0 Å². The highest BCUT2D eigenvalue weighted by atomic mass is 35.5. The summed E-state index contributed by atoms with van der Waals surface area (Å²) in [6, 6.07) is 7.78. The topological polar surface area (TPSA) is 77.1 Å². The second-order valence-corrected chi connectivity index (χ2v) is 6.82. The molecule has 0 radical (unpaired) electrons. The lowest BCUT2D eigenvalue weighted by molar-refractivity contribution is -0.123. The number of amides is 1. The Morgan fingerprint density at radius 2 is 2.00 bits per heavy atom. The van der Waals surface area contributed by atoms with E-state index < -0.39 is 5.60 Å². The standard InChI is InChI=1S/C17H23N3O3.ClH/c1-17(2)8-15(19-23-17)16(21)20-9-13(14(18)10-20)11-4-6-12(22-3)7-5-11;/h4-7,13-14H,8-10,18H2,1-3H3;1H/t13-,14+;/m0./s1. The van der Waals surface area contributed by atoms with Crippen LogP contribution in [0.25, 0.3) is 0 Å². The molecule has 2 aliphatic heterocycles. The van der Waals surface area contributed by atoms with Gasteiger partial charge in [0.1, 0.15) is 17.1 Å². The van der Waals surface area contributed by atoms with Crippen LogP contribution in [-0.4, -0.2) is 48.4 Å². The van der Waals surface area contributed by atoms with E-state index in [-0.39, 0.29) is 30.3 Å². The van der Waals surface area contributed by atoms with Gasteiger partial charge in [0.15, 0.2) is 0 Å². The third-order valence-electron chi connectivity index (χ3n) is 4.44. The van der Waals surface area contributed by atoms with Crippen LogP contribution < -0.4 is 10.5 Å². The van der Waals surface area contributed by atoms with E-state index in [9.17, 15) is 4.79 Å². The number of ether oxygens (including phenoxy) is 1. The second-order valence-electron chi connectivity index (χ2n) is 6.82. The van der Waals surface area contributed by atoms with Gasteiger partial charge in [-0.15, -0.1) is 12.4 Å². The molecule has 0 spiro atoms. The van der Waals surface area contributed by atoms with Crippen LogP contribution in [0.4, 0.5) is 0 Å². The van der Waals surface area contributed by atoms with Crippen LogP contribution in [-0.2, 0) is 9.63 Å². The molecule has 1 saturated heterocycles. The fraction of sp³-hybridized carbons (Fsp3) is 0.529. The molecule has 0 aromatic heterocycles. The maximum Gasteiger partial charge on any atom is 0.271 e. The number of halogens is 1. The molecule has 2 heterocycles. The number of hydrogen-bond donors (Lipinski definition) is 1. The van der Waals surface area contributed by atoms with Gasteiger partial charge in [-0.1, -0.05) is 17.3 Å². The van der Waals surface area contributed by atoms with Crippen LogP contribution >= 0.6 is 12.4 Å².